The minimum atomic E-state index is -0.322. The standard InChI is InChI=1S/C20H29NO3/c1-14-9-5-7-11-17(14)19(22)21(13-16(3)20(23)24-4)18-12-8-6-10-15(18)2/h5,7,9,11,15-16,18H,6,8,10,12-13H2,1-4H3. The Kier molecular flexibility index (Phi) is 6.41. The lowest BCUT2D eigenvalue weighted by Gasteiger charge is -2.39. The first kappa shape index (κ1) is 18.5. The van der Waals surface area contributed by atoms with Crippen LogP contribution in [0, 0.1) is 18.8 Å². The van der Waals surface area contributed by atoms with Crippen LogP contribution < -0.4 is 0 Å². The largest absolute Gasteiger partial charge is 0.469 e. The first-order chi connectivity index (χ1) is 11.5. The molecule has 3 atom stereocenters. The molecular weight excluding hydrogens is 302 g/mol. The Morgan fingerprint density at radius 1 is 1.25 bits per heavy atom. The second kappa shape index (κ2) is 8.32. The number of hydrogen-bond donors (Lipinski definition) is 0. The zero-order valence-electron chi connectivity index (χ0n) is 15.2. The summed E-state index contributed by atoms with van der Waals surface area (Å²) in [4.78, 5) is 27.0. The Balaban J connectivity index is 2.29. The molecule has 0 saturated heterocycles. The van der Waals surface area contributed by atoms with Gasteiger partial charge in [0.15, 0.2) is 0 Å². The van der Waals surface area contributed by atoms with Gasteiger partial charge in [0, 0.05) is 18.2 Å². The van der Waals surface area contributed by atoms with Gasteiger partial charge >= 0.3 is 5.97 Å². The van der Waals surface area contributed by atoms with Crippen LogP contribution in [0.2, 0.25) is 0 Å². The minimum Gasteiger partial charge on any atom is -0.469 e. The highest BCUT2D eigenvalue weighted by Crippen LogP contribution is 2.30. The van der Waals surface area contributed by atoms with Crippen molar-refractivity contribution in [3.05, 3.63) is 35.4 Å². The molecule has 1 fully saturated rings. The smallest absolute Gasteiger partial charge is 0.310 e. The van der Waals surface area contributed by atoms with E-state index in [0.29, 0.717) is 12.5 Å². The summed E-state index contributed by atoms with van der Waals surface area (Å²) < 4.78 is 4.86. The van der Waals surface area contributed by atoms with Gasteiger partial charge in [-0.2, -0.15) is 0 Å². The van der Waals surface area contributed by atoms with Crippen molar-refractivity contribution in [1.29, 1.82) is 0 Å². The summed E-state index contributed by atoms with van der Waals surface area (Å²) in [5.74, 6) is -0.0997. The molecule has 4 nitrogen and oxygen atoms in total. The summed E-state index contributed by atoms with van der Waals surface area (Å²) in [5.41, 5.74) is 1.70. The van der Waals surface area contributed by atoms with Gasteiger partial charge < -0.3 is 9.64 Å². The number of nitrogens with zero attached hydrogens (tertiary/aromatic N) is 1. The van der Waals surface area contributed by atoms with Gasteiger partial charge in [0.05, 0.1) is 13.0 Å². The number of rotatable bonds is 5. The number of amides is 1. The van der Waals surface area contributed by atoms with Crippen molar-refractivity contribution in [2.45, 2.75) is 52.5 Å². The summed E-state index contributed by atoms with van der Waals surface area (Å²) in [6.07, 6.45) is 4.50. The summed E-state index contributed by atoms with van der Waals surface area (Å²) in [7, 11) is 1.40. The van der Waals surface area contributed by atoms with Crippen LogP contribution in [0.3, 0.4) is 0 Å². The molecule has 0 heterocycles. The predicted octanol–water partition coefficient (Wildman–Crippen LogP) is 3.83. The molecule has 1 aromatic rings. The van der Waals surface area contributed by atoms with Gasteiger partial charge in [-0.25, -0.2) is 0 Å². The highest BCUT2D eigenvalue weighted by atomic mass is 16.5. The van der Waals surface area contributed by atoms with Crippen molar-refractivity contribution < 1.29 is 14.3 Å². The molecule has 1 aliphatic carbocycles. The molecule has 132 valence electrons. The van der Waals surface area contributed by atoms with Gasteiger partial charge in [-0.3, -0.25) is 9.59 Å². The van der Waals surface area contributed by atoms with Gasteiger partial charge in [0.1, 0.15) is 0 Å². The third-order valence-electron chi connectivity index (χ3n) is 5.18. The zero-order chi connectivity index (χ0) is 17.7. The maximum Gasteiger partial charge on any atom is 0.310 e. The lowest BCUT2D eigenvalue weighted by Crippen LogP contribution is -2.48. The number of ether oxygens (including phenoxy) is 1. The third kappa shape index (κ3) is 4.16. The van der Waals surface area contributed by atoms with E-state index in [1.165, 1.54) is 13.5 Å². The van der Waals surface area contributed by atoms with Crippen LogP contribution in [0.25, 0.3) is 0 Å². The molecule has 0 spiro atoms. The number of esters is 1. The van der Waals surface area contributed by atoms with E-state index in [9.17, 15) is 9.59 Å². The zero-order valence-corrected chi connectivity index (χ0v) is 15.2. The molecule has 0 N–H and O–H groups in total. The summed E-state index contributed by atoms with van der Waals surface area (Å²) >= 11 is 0. The fourth-order valence-corrected chi connectivity index (χ4v) is 3.67. The van der Waals surface area contributed by atoms with Crippen LogP contribution in [0.5, 0.6) is 0 Å². The molecule has 3 unspecified atom stereocenters. The minimum absolute atomic E-state index is 0.0302. The summed E-state index contributed by atoms with van der Waals surface area (Å²) in [6, 6.07) is 7.86. The van der Waals surface area contributed by atoms with Gasteiger partial charge in [-0.05, 0) is 37.3 Å². The lowest BCUT2D eigenvalue weighted by molar-refractivity contribution is -0.145. The number of methoxy groups -OCH3 is 1. The second-order valence-corrected chi connectivity index (χ2v) is 7.03. The van der Waals surface area contributed by atoms with Crippen molar-refractivity contribution in [3.8, 4) is 0 Å². The average molecular weight is 331 g/mol. The number of hydrogen-bond acceptors (Lipinski definition) is 3. The van der Waals surface area contributed by atoms with E-state index in [0.717, 1.165) is 30.4 Å². The predicted molar refractivity (Wildman–Crippen MR) is 94.8 cm³/mol. The highest BCUT2D eigenvalue weighted by Gasteiger charge is 2.33. The van der Waals surface area contributed by atoms with Crippen LogP contribution in [0.1, 0.15) is 55.5 Å². The monoisotopic (exact) mass is 331 g/mol. The van der Waals surface area contributed by atoms with Crippen LogP contribution >= 0.6 is 0 Å². The summed E-state index contributed by atoms with van der Waals surface area (Å²) in [6.45, 7) is 6.41. The van der Waals surface area contributed by atoms with Crippen LogP contribution in [-0.2, 0) is 9.53 Å². The lowest BCUT2D eigenvalue weighted by atomic mass is 9.84. The van der Waals surface area contributed by atoms with E-state index in [4.69, 9.17) is 4.74 Å². The molecule has 1 amide bonds. The summed E-state index contributed by atoms with van der Waals surface area (Å²) in [5, 5.41) is 0. The van der Waals surface area contributed by atoms with E-state index in [1.54, 1.807) is 0 Å². The van der Waals surface area contributed by atoms with E-state index in [1.807, 2.05) is 43.0 Å². The average Bonchev–Trinajstić information content (AvgIpc) is 2.59. The van der Waals surface area contributed by atoms with Crippen LogP contribution in [-0.4, -0.2) is 36.5 Å². The fourth-order valence-electron chi connectivity index (χ4n) is 3.67. The normalized spacial score (nSPS) is 21.8. The van der Waals surface area contributed by atoms with E-state index in [-0.39, 0.29) is 23.8 Å². The number of carbonyl (C=O) groups excluding carboxylic acids is 2. The topological polar surface area (TPSA) is 46.6 Å². The van der Waals surface area contributed by atoms with Gasteiger partial charge in [0.25, 0.3) is 5.91 Å². The number of carbonyl (C=O) groups is 2. The second-order valence-electron chi connectivity index (χ2n) is 7.03. The molecule has 0 aliphatic heterocycles. The maximum absolute atomic E-state index is 13.2. The molecular formula is C20H29NO3. The fraction of sp³-hybridized carbons (Fsp3) is 0.600. The first-order valence-electron chi connectivity index (χ1n) is 8.90. The van der Waals surface area contributed by atoms with Gasteiger partial charge in [-0.15, -0.1) is 0 Å². The van der Waals surface area contributed by atoms with E-state index < -0.39 is 0 Å². The molecule has 1 saturated carbocycles. The molecule has 1 aromatic carbocycles. The molecule has 24 heavy (non-hydrogen) atoms. The number of benzene rings is 1. The van der Waals surface area contributed by atoms with Crippen LogP contribution in [0.4, 0.5) is 0 Å². The molecule has 0 aromatic heterocycles. The van der Waals surface area contributed by atoms with Crippen molar-refractivity contribution in [2.24, 2.45) is 11.8 Å². The quantitative estimate of drug-likeness (QED) is 0.771. The SMILES string of the molecule is COC(=O)C(C)CN(C(=O)c1ccccc1C)C1CCCCC1C. The number of aryl methyl sites for hydroxylation is 1. The van der Waals surface area contributed by atoms with Crippen molar-refractivity contribution in [2.75, 3.05) is 13.7 Å². The van der Waals surface area contributed by atoms with E-state index >= 15 is 0 Å². The molecule has 4 heteroatoms. The molecule has 2 rings (SSSR count). The van der Waals surface area contributed by atoms with Crippen molar-refractivity contribution in [3.63, 3.8) is 0 Å². The van der Waals surface area contributed by atoms with Crippen molar-refractivity contribution >= 4 is 11.9 Å². The third-order valence-corrected chi connectivity index (χ3v) is 5.18. The first-order valence-corrected chi connectivity index (χ1v) is 8.90. The van der Waals surface area contributed by atoms with E-state index in [2.05, 4.69) is 6.92 Å². The van der Waals surface area contributed by atoms with Gasteiger partial charge in [0.2, 0.25) is 0 Å². The van der Waals surface area contributed by atoms with Crippen molar-refractivity contribution in [1.82, 2.24) is 4.90 Å². The Hall–Kier alpha value is -1.84. The molecule has 0 radical (unpaired) electrons. The Morgan fingerprint density at radius 2 is 1.92 bits per heavy atom. The molecule has 1 aliphatic rings. The highest BCUT2D eigenvalue weighted by molar-refractivity contribution is 5.96. The van der Waals surface area contributed by atoms with Gasteiger partial charge in [-0.1, -0.05) is 44.9 Å². The Labute approximate surface area is 145 Å². The Morgan fingerprint density at radius 3 is 2.54 bits per heavy atom. The molecule has 0 bridgehead atoms. The van der Waals surface area contributed by atoms with Crippen LogP contribution in [0.15, 0.2) is 24.3 Å². The Bertz CT molecular complexity index is 584. The maximum atomic E-state index is 13.2.